The van der Waals surface area contributed by atoms with E-state index in [0.717, 1.165) is 29.4 Å². The van der Waals surface area contributed by atoms with Crippen molar-refractivity contribution in [2.45, 2.75) is 25.7 Å². The molecule has 12 heteroatoms. The first-order valence-electron chi connectivity index (χ1n) is 9.64. The molecule has 0 unspecified atom stereocenters. The summed E-state index contributed by atoms with van der Waals surface area (Å²) in [6, 6.07) is 9.15. The molecule has 0 aliphatic carbocycles. The van der Waals surface area contributed by atoms with E-state index in [9.17, 15) is 31.2 Å². The first kappa shape index (κ1) is 26.5. The highest BCUT2D eigenvalue weighted by Crippen LogP contribution is 2.32. The molecule has 2 aromatic carbocycles. The molecule has 0 aromatic heterocycles. The maximum Gasteiger partial charge on any atom is 0.416 e. The van der Waals surface area contributed by atoms with Crippen molar-refractivity contribution in [2.75, 3.05) is 24.2 Å². The fraction of sp³-hybridized carbons (Fsp3) is 0.333. The Morgan fingerprint density at radius 2 is 1.73 bits per heavy atom. The van der Waals surface area contributed by atoms with Gasteiger partial charge in [-0.25, -0.2) is 8.42 Å². The molecular weight excluding hydrogens is 483 g/mol. The number of rotatable bonds is 8. The van der Waals surface area contributed by atoms with Crippen LogP contribution in [0.4, 0.5) is 18.9 Å². The topological polar surface area (TPSA) is 86.8 Å². The van der Waals surface area contributed by atoms with Crippen LogP contribution in [0.2, 0.25) is 5.02 Å². The Morgan fingerprint density at radius 3 is 2.24 bits per heavy atom. The second-order valence-electron chi connectivity index (χ2n) is 7.26. The molecule has 0 aliphatic rings. The standard InChI is InChI=1S/C21H23ClF3N3O4S/c1-14(20(30)26-2)27(12-15-7-9-17(22)10-8-15)19(29)13-28(33(3,31)32)18-6-4-5-16(11-18)21(23,24)25/h4-11,14H,12-13H2,1-3H3,(H,26,30)/t14-/m1/s1. The zero-order valence-corrected chi connectivity index (χ0v) is 19.6. The first-order chi connectivity index (χ1) is 15.2. The van der Waals surface area contributed by atoms with Crippen LogP contribution in [-0.2, 0) is 32.3 Å². The molecule has 2 amide bonds. The van der Waals surface area contributed by atoms with Crippen LogP contribution >= 0.6 is 11.6 Å². The number of hydrogen-bond donors (Lipinski definition) is 1. The van der Waals surface area contributed by atoms with Crippen LogP contribution in [-0.4, -0.2) is 51.0 Å². The number of alkyl halides is 3. The van der Waals surface area contributed by atoms with Gasteiger partial charge in [0.05, 0.1) is 17.5 Å². The van der Waals surface area contributed by atoms with Crippen molar-refractivity contribution in [2.24, 2.45) is 0 Å². The van der Waals surface area contributed by atoms with Crippen molar-refractivity contribution < 1.29 is 31.2 Å². The second kappa shape index (κ2) is 10.4. The van der Waals surface area contributed by atoms with Crippen molar-refractivity contribution in [3.05, 3.63) is 64.7 Å². The molecule has 0 saturated heterocycles. The lowest BCUT2D eigenvalue weighted by Crippen LogP contribution is -2.50. The quantitative estimate of drug-likeness (QED) is 0.596. The van der Waals surface area contributed by atoms with Gasteiger partial charge >= 0.3 is 6.18 Å². The van der Waals surface area contributed by atoms with Gasteiger partial charge in [-0.2, -0.15) is 13.2 Å². The zero-order valence-electron chi connectivity index (χ0n) is 18.1. The Kier molecular flexibility index (Phi) is 8.36. The molecule has 2 rings (SSSR count). The van der Waals surface area contributed by atoms with Gasteiger partial charge in [0, 0.05) is 18.6 Å². The van der Waals surface area contributed by atoms with Crippen LogP contribution < -0.4 is 9.62 Å². The third-order valence-electron chi connectivity index (χ3n) is 4.82. The number of amides is 2. The van der Waals surface area contributed by atoms with Gasteiger partial charge < -0.3 is 10.2 Å². The predicted molar refractivity (Wildman–Crippen MR) is 119 cm³/mol. The SMILES string of the molecule is CNC(=O)[C@@H](C)N(Cc1ccc(Cl)cc1)C(=O)CN(c1cccc(C(F)(F)F)c1)S(C)(=O)=O. The molecule has 2 aromatic rings. The number of halogens is 4. The smallest absolute Gasteiger partial charge is 0.357 e. The fourth-order valence-corrected chi connectivity index (χ4v) is 4.00. The molecule has 0 spiro atoms. The van der Waals surface area contributed by atoms with E-state index in [-0.39, 0.29) is 12.2 Å². The van der Waals surface area contributed by atoms with Crippen LogP contribution in [0.5, 0.6) is 0 Å². The molecule has 0 heterocycles. The van der Waals surface area contributed by atoms with E-state index >= 15 is 0 Å². The molecule has 0 aliphatic heterocycles. The zero-order chi connectivity index (χ0) is 25.0. The van der Waals surface area contributed by atoms with Crippen molar-refractivity contribution in [3.63, 3.8) is 0 Å². The Balaban J connectivity index is 2.42. The average molecular weight is 506 g/mol. The summed E-state index contributed by atoms with van der Waals surface area (Å²) in [6.45, 7) is 0.613. The second-order valence-corrected chi connectivity index (χ2v) is 9.60. The molecule has 0 radical (unpaired) electrons. The van der Waals surface area contributed by atoms with E-state index in [1.807, 2.05) is 0 Å². The van der Waals surface area contributed by atoms with Gasteiger partial charge in [-0.15, -0.1) is 0 Å². The lowest BCUT2D eigenvalue weighted by molar-refractivity contribution is -0.139. The van der Waals surface area contributed by atoms with E-state index in [4.69, 9.17) is 11.6 Å². The van der Waals surface area contributed by atoms with Gasteiger partial charge in [-0.1, -0.05) is 29.8 Å². The predicted octanol–water partition coefficient (Wildman–Crippen LogP) is 3.29. The van der Waals surface area contributed by atoms with Crippen LogP contribution in [0, 0.1) is 0 Å². The maximum absolute atomic E-state index is 13.2. The molecular formula is C21H23ClF3N3O4S. The molecule has 180 valence electrons. The summed E-state index contributed by atoms with van der Waals surface area (Å²) >= 11 is 5.88. The lowest BCUT2D eigenvalue weighted by atomic mass is 10.1. The van der Waals surface area contributed by atoms with Crippen molar-refractivity contribution in [3.8, 4) is 0 Å². The van der Waals surface area contributed by atoms with E-state index in [1.54, 1.807) is 24.3 Å². The minimum absolute atomic E-state index is 0.0508. The molecule has 0 fully saturated rings. The monoisotopic (exact) mass is 505 g/mol. The van der Waals surface area contributed by atoms with E-state index in [2.05, 4.69) is 5.32 Å². The Bertz CT molecular complexity index is 1110. The Labute approximate surface area is 195 Å². The largest absolute Gasteiger partial charge is 0.416 e. The molecule has 33 heavy (non-hydrogen) atoms. The third kappa shape index (κ3) is 7.10. The molecule has 0 saturated carbocycles. The fourth-order valence-electron chi connectivity index (χ4n) is 3.03. The van der Waals surface area contributed by atoms with Crippen LogP contribution in [0.25, 0.3) is 0 Å². The van der Waals surface area contributed by atoms with Gasteiger partial charge in [-0.3, -0.25) is 13.9 Å². The summed E-state index contributed by atoms with van der Waals surface area (Å²) in [6.07, 6.45) is -3.91. The number of carbonyl (C=O) groups is 2. The molecule has 0 bridgehead atoms. The minimum atomic E-state index is -4.70. The maximum atomic E-state index is 13.2. The van der Waals surface area contributed by atoms with E-state index < -0.39 is 46.2 Å². The summed E-state index contributed by atoms with van der Waals surface area (Å²) < 4.78 is 64.7. The average Bonchev–Trinajstić information content (AvgIpc) is 2.74. The normalized spacial score (nSPS) is 12.7. The third-order valence-corrected chi connectivity index (χ3v) is 6.21. The van der Waals surface area contributed by atoms with Crippen LogP contribution in [0.1, 0.15) is 18.1 Å². The lowest BCUT2D eigenvalue weighted by Gasteiger charge is -2.31. The number of anilines is 1. The highest BCUT2D eigenvalue weighted by Gasteiger charge is 2.33. The number of benzene rings is 2. The van der Waals surface area contributed by atoms with Crippen LogP contribution in [0.3, 0.4) is 0 Å². The first-order valence-corrected chi connectivity index (χ1v) is 11.9. The molecule has 7 nitrogen and oxygen atoms in total. The van der Waals surface area contributed by atoms with Gasteiger partial charge in [0.1, 0.15) is 12.6 Å². The summed E-state index contributed by atoms with van der Waals surface area (Å²) in [5.41, 5.74) is -0.758. The molecule has 1 N–H and O–H groups in total. The summed E-state index contributed by atoms with van der Waals surface area (Å²) in [7, 11) is -2.75. The highest BCUT2D eigenvalue weighted by molar-refractivity contribution is 7.92. The summed E-state index contributed by atoms with van der Waals surface area (Å²) in [5.74, 6) is -1.27. The number of carbonyl (C=O) groups excluding carboxylic acids is 2. The van der Waals surface area contributed by atoms with Gasteiger partial charge in [0.25, 0.3) is 0 Å². The number of nitrogens with one attached hydrogen (secondary N) is 1. The summed E-state index contributed by atoms with van der Waals surface area (Å²) in [4.78, 5) is 26.6. The van der Waals surface area contributed by atoms with E-state index in [1.165, 1.54) is 14.0 Å². The Hall–Kier alpha value is -2.79. The highest BCUT2D eigenvalue weighted by atomic mass is 35.5. The van der Waals surface area contributed by atoms with Crippen molar-refractivity contribution >= 4 is 39.1 Å². The number of nitrogens with zero attached hydrogens (tertiary/aromatic N) is 2. The minimum Gasteiger partial charge on any atom is -0.357 e. The number of hydrogen-bond acceptors (Lipinski definition) is 4. The Morgan fingerprint density at radius 1 is 1.12 bits per heavy atom. The number of sulfonamides is 1. The van der Waals surface area contributed by atoms with Crippen molar-refractivity contribution in [1.29, 1.82) is 0 Å². The van der Waals surface area contributed by atoms with Crippen molar-refractivity contribution in [1.82, 2.24) is 10.2 Å². The summed E-state index contributed by atoms with van der Waals surface area (Å²) in [5, 5.41) is 2.89. The van der Waals surface area contributed by atoms with Gasteiger partial charge in [0.15, 0.2) is 0 Å². The van der Waals surface area contributed by atoms with Crippen LogP contribution in [0.15, 0.2) is 48.5 Å². The molecule has 1 atom stereocenters. The van der Waals surface area contributed by atoms with E-state index in [0.29, 0.717) is 21.0 Å². The van der Waals surface area contributed by atoms with Gasteiger partial charge in [-0.05, 0) is 42.8 Å². The van der Waals surface area contributed by atoms with Gasteiger partial charge in [0.2, 0.25) is 21.8 Å². The number of likely N-dealkylation sites (N-methyl/N-ethyl adjacent to an activating group) is 1.